The van der Waals surface area contributed by atoms with Gasteiger partial charge in [0.05, 0.1) is 33.4 Å². The largest absolute Gasteiger partial charge is 0.269 e. The highest BCUT2D eigenvalue weighted by atomic mass is 35.5. The molecule has 1 aromatic carbocycles. The highest BCUT2D eigenvalue weighted by Gasteiger charge is 2.29. The van der Waals surface area contributed by atoms with Crippen LogP contribution >= 0.6 is 11.6 Å². The Morgan fingerprint density at radius 2 is 1.93 bits per heavy atom. The number of hydrogen-bond acceptors (Lipinski definition) is 5. The number of nitriles is 1. The van der Waals surface area contributed by atoms with Crippen LogP contribution in [-0.4, -0.2) is 27.2 Å². The lowest BCUT2D eigenvalue weighted by Crippen LogP contribution is -2.14. The van der Waals surface area contributed by atoms with Crippen LogP contribution in [0.25, 0.3) is 22.3 Å². The predicted molar refractivity (Wildman–Crippen MR) is 113 cm³/mol. The van der Waals surface area contributed by atoms with Crippen LogP contribution in [-0.2, 0) is 10.0 Å². The number of fused-ring (bicyclic) bond motifs is 1. The maximum absolute atomic E-state index is 13.6. The Morgan fingerprint density at radius 1 is 1.20 bits per heavy atom. The predicted octanol–water partition coefficient (Wildman–Crippen LogP) is 4.31. The number of hydrogen-bond donors (Lipinski definition) is 0. The Hall–Kier alpha value is -3.15. The second-order valence-electron chi connectivity index (χ2n) is 7.39. The Kier molecular flexibility index (Phi) is 4.20. The summed E-state index contributed by atoms with van der Waals surface area (Å²) in [5.74, 6) is 0. The Labute approximate surface area is 178 Å². The SMILES string of the molecule is Cc1ccc(S(=O)(=O)n2c(-c3cnn(C4CC4)c3)cc3c(Cl)c(C#N)cnc32)cc1. The van der Waals surface area contributed by atoms with E-state index in [-0.39, 0.29) is 21.1 Å². The number of nitrogens with zero attached hydrogens (tertiary/aromatic N) is 5. The quantitative estimate of drug-likeness (QED) is 0.474. The summed E-state index contributed by atoms with van der Waals surface area (Å²) in [6.45, 7) is 1.89. The van der Waals surface area contributed by atoms with E-state index in [0.717, 1.165) is 18.4 Å². The number of rotatable bonds is 4. The van der Waals surface area contributed by atoms with Gasteiger partial charge in [0.15, 0.2) is 5.65 Å². The van der Waals surface area contributed by atoms with Gasteiger partial charge in [0.2, 0.25) is 0 Å². The lowest BCUT2D eigenvalue weighted by atomic mass is 10.2. The molecule has 0 N–H and O–H groups in total. The Morgan fingerprint density at radius 3 is 2.60 bits per heavy atom. The minimum absolute atomic E-state index is 0.142. The van der Waals surface area contributed by atoms with Crippen LogP contribution in [0.1, 0.15) is 30.0 Å². The monoisotopic (exact) mass is 437 g/mol. The van der Waals surface area contributed by atoms with Crippen molar-refractivity contribution in [1.82, 2.24) is 18.7 Å². The number of aryl methyl sites for hydroxylation is 1. The molecule has 5 rings (SSSR count). The van der Waals surface area contributed by atoms with E-state index in [1.165, 1.54) is 10.2 Å². The van der Waals surface area contributed by atoms with Crippen molar-refractivity contribution in [3.05, 3.63) is 65.1 Å². The normalized spacial score (nSPS) is 14.2. The molecule has 0 radical (unpaired) electrons. The van der Waals surface area contributed by atoms with Crippen LogP contribution in [0.15, 0.2) is 53.8 Å². The summed E-state index contributed by atoms with van der Waals surface area (Å²) in [4.78, 5) is 4.41. The molecule has 9 heteroatoms. The fourth-order valence-corrected chi connectivity index (χ4v) is 5.15. The van der Waals surface area contributed by atoms with Crippen LogP contribution in [0.2, 0.25) is 5.02 Å². The van der Waals surface area contributed by atoms with E-state index in [1.807, 2.05) is 23.9 Å². The zero-order chi connectivity index (χ0) is 21.0. The molecule has 1 fully saturated rings. The van der Waals surface area contributed by atoms with Gasteiger partial charge in [-0.25, -0.2) is 17.4 Å². The van der Waals surface area contributed by atoms with Crippen molar-refractivity contribution < 1.29 is 8.42 Å². The minimum Gasteiger partial charge on any atom is -0.269 e. The van der Waals surface area contributed by atoms with Gasteiger partial charge in [0.1, 0.15) is 6.07 Å². The number of halogens is 1. The first-order valence-corrected chi connectivity index (χ1v) is 11.2. The molecule has 3 heterocycles. The summed E-state index contributed by atoms with van der Waals surface area (Å²) in [6.07, 6.45) is 6.90. The first kappa shape index (κ1) is 18.9. The molecule has 7 nitrogen and oxygen atoms in total. The van der Waals surface area contributed by atoms with E-state index in [2.05, 4.69) is 10.1 Å². The zero-order valence-corrected chi connectivity index (χ0v) is 17.5. The topological polar surface area (TPSA) is 93.6 Å². The van der Waals surface area contributed by atoms with Gasteiger partial charge in [-0.15, -0.1) is 0 Å². The van der Waals surface area contributed by atoms with E-state index < -0.39 is 10.0 Å². The molecular weight excluding hydrogens is 422 g/mol. The number of pyridine rings is 1. The average Bonchev–Trinajstić information content (AvgIpc) is 3.32. The van der Waals surface area contributed by atoms with Crippen molar-refractivity contribution in [3.63, 3.8) is 0 Å². The van der Waals surface area contributed by atoms with Gasteiger partial charge in [0.25, 0.3) is 10.0 Å². The standard InChI is InChI=1S/C21H16ClN5O2S/c1-13-2-6-17(7-3-13)30(28,29)27-19(15-11-25-26(12-15)16-4-5-16)8-18-20(22)14(9-23)10-24-21(18)27/h2-3,6-8,10-12,16H,4-5H2,1H3. The van der Waals surface area contributed by atoms with Crippen LogP contribution < -0.4 is 0 Å². The molecule has 0 atom stereocenters. The number of benzene rings is 1. The van der Waals surface area contributed by atoms with Crippen molar-refractivity contribution in [2.45, 2.75) is 30.7 Å². The number of aromatic nitrogens is 4. The molecule has 3 aromatic heterocycles. The van der Waals surface area contributed by atoms with Crippen molar-refractivity contribution in [2.75, 3.05) is 0 Å². The van der Waals surface area contributed by atoms with Gasteiger partial charge in [0, 0.05) is 23.3 Å². The van der Waals surface area contributed by atoms with Crippen LogP contribution in [0.5, 0.6) is 0 Å². The highest BCUT2D eigenvalue weighted by molar-refractivity contribution is 7.90. The molecule has 150 valence electrons. The van der Waals surface area contributed by atoms with Gasteiger partial charge < -0.3 is 0 Å². The third-order valence-corrected chi connectivity index (χ3v) is 7.35. The zero-order valence-electron chi connectivity index (χ0n) is 15.9. The van der Waals surface area contributed by atoms with Crippen molar-refractivity contribution in [2.24, 2.45) is 0 Å². The van der Waals surface area contributed by atoms with E-state index in [0.29, 0.717) is 22.7 Å². The molecule has 0 amide bonds. The lowest BCUT2D eigenvalue weighted by molar-refractivity contribution is 0.589. The first-order chi connectivity index (χ1) is 14.4. The smallest absolute Gasteiger partial charge is 0.269 e. The van der Waals surface area contributed by atoms with E-state index in [9.17, 15) is 13.7 Å². The summed E-state index contributed by atoms with van der Waals surface area (Å²) in [7, 11) is -3.97. The summed E-state index contributed by atoms with van der Waals surface area (Å²) in [5.41, 5.74) is 2.37. The molecule has 30 heavy (non-hydrogen) atoms. The van der Waals surface area contributed by atoms with Crippen molar-refractivity contribution in [3.8, 4) is 17.3 Å². The van der Waals surface area contributed by atoms with Gasteiger partial charge >= 0.3 is 0 Å². The molecule has 0 saturated heterocycles. The summed E-state index contributed by atoms with van der Waals surface area (Å²) in [6, 6.07) is 10.6. The molecule has 0 bridgehead atoms. The summed E-state index contributed by atoms with van der Waals surface area (Å²) < 4.78 is 30.3. The van der Waals surface area contributed by atoms with Crippen LogP contribution in [0, 0.1) is 18.3 Å². The maximum Gasteiger partial charge on any atom is 0.269 e. The average molecular weight is 438 g/mol. The molecule has 0 unspecified atom stereocenters. The Bertz CT molecular complexity index is 1440. The first-order valence-electron chi connectivity index (χ1n) is 9.37. The third kappa shape index (κ3) is 2.90. The van der Waals surface area contributed by atoms with E-state index in [4.69, 9.17) is 11.6 Å². The second kappa shape index (κ2) is 6.69. The minimum atomic E-state index is -3.97. The van der Waals surface area contributed by atoms with Gasteiger partial charge in [-0.2, -0.15) is 10.4 Å². The van der Waals surface area contributed by atoms with Crippen molar-refractivity contribution in [1.29, 1.82) is 5.26 Å². The van der Waals surface area contributed by atoms with Crippen LogP contribution in [0.3, 0.4) is 0 Å². The van der Waals surface area contributed by atoms with Gasteiger partial charge in [-0.1, -0.05) is 29.3 Å². The molecule has 1 aliphatic rings. The lowest BCUT2D eigenvalue weighted by Gasteiger charge is -2.11. The van der Waals surface area contributed by atoms with Gasteiger partial charge in [-0.3, -0.25) is 4.68 Å². The molecule has 4 aromatic rings. The second-order valence-corrected chi connectivity index (χ2v) is 9.55. The fraction of sp³-hybridized carbons (Fsp3) is 0.190. The van der Waals surface area contributed by atoms with E-state index >= 15 is 0 Å². The molecule has 0 spiro atoms. The molecular formula is C21H16ClN5O2S. The van der Waals surface area contributed by atoms with Crippen molar-refractivity contribution >= 4 is 32.7 Å². The Balaban J connectivity index is 1.81. The molecule has 0 aliphatic heterocycles. The fourth-order valence-electron chi connectivity index (χ4n) is 3.44. The molecule has 1 aliphatic carbocycles. The highest BCUT2D eigenvalue weighted by Crippen LogP contribution is 2.38. The molecule has 1 saturated carbocycles. The third-order valence-electron chi connectivity index (χ3n) is 5.22. The summed E-state index contributed by atoms with van der Waals surface area (Å²) in [5, 5.41) is 14.3. The maximum atomic E-state index is 13.6. The van der Waals surface area contributed by atoms with Crippen LogP contribution in [0.4, 0.5) is 0 Å². The van der Waals surface area contributed by atoms with Gasteiger partial charge in [-0.05, 0) is 38.0 Å². The summed E-state index contributed by atoms with van der Waals surface area (Å²) >= 11 is 6.41. The van der Waals surface area contributed by atoms with E-state index in [1.54, 1.807) is 36.5 Å².